The number of hydrogen-bond donors (Lipinski definition) is 4. The van der Waals surface area contributed by atoms with Gasteiger partial charge in [-0.2, -0.15) is 0 Å². The molecule has 2 atom stereocenters. The van der Waals surface area contributed by atoms with Crippen LogP contribution in [0, 0.1) is 6.92 Å². The van der Waals surface area contributed by atoms with Gasteiger partial charge in [-0.3, -0.25) is 0 Å². The van der Waals surface area contributed by atoms with Gasteiger partial charge < -0.3 is 21.3 Å². The second-order valence-electron chi connectivity index (χ2n) is 8.13. The van der Waals surface area contributed by atoms with Gasteiger partial charge in [0, 0.05) is 5.56 Å². The van der Waals surface area contributed by atoms with Crippen LogP contribution < -0.4 is 21.3 Å². The Balaban J connectivity index is 1.50. The van der Waals surface area contributed by atoms with Crippen molar-refractivity contribution in [2.45, 2.75) is 19.3 Å². The first-order chi connectivity index (χ1) is 15.3. The first-order valence-electron chi connectivity index (χ1n) is 10.7. The summed E-state index contributed by atoms with van der Waals surface area (Å²) in [7, 11) is 0. The van der Waals surface area contributed by atoms with E-state index in [1.165, 1.54) is 27.8 Å². The Morgan fingerprint density at radius 2 is 0.903 bits per heavy atom. The molecule has 2 heterocycles. The minimum atomic E-state index is 0.0298. The van der Waals surface area contributed by atoms with E-state index < -0.39 is 0 Å². The van der Waals surface area contributed by atoms with Crippen molar-refractivity contribution in [2.24, 2.45) is 0 Å². The third-order valence-corrected chi connectivity index (χ3v) is 6.23. The van der Waals surface area contributed by atoms with Gasteiger partial charge in [0.25, 0.3) is 0 Å². The predicted molar refractivity (Wildman–Crippen MR) is 129 cm³/mol. The van der Waals surface area contributed by atoms with E-state index in [9.17, 15) is 0 Å². The molecule has 0 saturated carbocycles. The van der Waals surface area contributed by atoms with Crippen molar-refractivity contribution < 1.29 is 0 Å². The maximum atomic E-state index is 3.76. The van der Waals surface area contributed by atoms with E-state index in [4.69, 9.17) is 0 Å². The summed E-state index contributed by atoms with van der Waals surface area (Å²) in [6.45, 7) is 2.21. The Kier molecular flexibility index (Phi) is 4.10. The summed E-state index contributed by atoms with van der Waals surface area (Å²) in [5.74, 6) is 0. The van der Waals surface area contributed by atoms with E-state index in [2.05, 4.69) is 119 Å². The van der Waals surface area contributed by atoms with Gasteiger partial charge in [-0.25, -0.2) is 0 Å². The third kappa shape index (κ3) is 2.91. The molecular weight excluding hydrogens is 380 g/mol. The molecule has 0 saturated heterocycles. The monoisotopic (exact) mass is 404 g/mol. The summed E-state index contributed by atoms with van der Waals surface area (Å²) in [4.78, 5) is 0. The van der Waals surface area contributed by atoms with Gasteiger partial charge in [0.05, 0.1) is 22.7 Å². The molecule has 31 heavy (non-hydrogen) atoms. The topological polar surface area (TPSA) is 48.1 Å². The number of benzene rings is 4. The number of rotatable bonds is 3. The van der Waals surface area contributed by atoms with E-state index >= 15 is 0 Å². The van der Waals surface area contributed by atoms with E-state index in [-0.39, 0.29) is 12.3 Å². The molecule has 4 aromatic carbocycles. The highest BCUT2D eigenvalue weighted by molar-refractivity contribution is 6.06. The van der Waals surface area contributed by atoms with E-state index in [0.717, 1.165) is 22.7 Å². The molecule has 0 radical (unpaired) electrons. The fraction of sp³-hybridized carbons (Fsp3) is 0.111. The molecule has 2 aliphatic heterocycles. The highest BCUT2D eigenvalue weighted by Crippen LogP contribution is 2.55. The largest absolute Gasteiger partial charge is 0.360 e. The highest BCUT2D eigenvalue weighted by atomic mass is 15.3. The fourth-order valence-corrected chi connectivity index (χ4v) is 4.73. The number of fused-ring (bicyclic) bond motifs is 3. The molecule has 4 aromatic rings. The first kappa shape index (κ1) is 17.9. The van der Waals surface area contributed by atoms with Crippen LogP contribution in [0.3, 0.4) is 0 Å². The van der Waals surface area contributed by atoms with Gasteiger partial charge in [0.1, 0.15) is 12.3 Å². The molecule has 0 bridgehead atoms. The Labute approximate surface area is 182 Å². The van der Waals surface area contributed by atoms with Gasteiger partial charge in [0.2, 0.25) is 0 Å². The van der Waals surface area contributed by atoms with Crippen LogP contribution in [0.25, 0.3) is 11.1 Å². The Bertz CT molecular complexity index is 1240. The van der Waals surface area contributed by atoms with Crippen molar-refractivity contribution in [1.82, 2.24) is 0 Å². The SMILES string of the molecule is Cc1c2c(c3c(c1-c1ccccc1)NC(c1ccccc1)N3)NC(c1ccccc1)N2. The summed E-state index contributed by atoms with van der Waals surface area (Å²) in [6.07, 6.45) is 0.0738. The van der Waals surface area contributed by atoms with Crippen LogP contribution in [0.4, 0.5) is 22.7 Å². The lowest BCUT2D eigenvalue weighted by Crippen LogP contribution is -2.13. The van der Waals surface area contributed by atoms with Crippen LogP contribution in [0.5, 0.6) is 0 Å². The Morgan fingerprint density at radius 1 is 0.484 bits per heavy atom. The number of hydrogen-bond acceptors (Lipinski definition) is 4. The summed E-state index contributed by atoms with van der Waals surface area (Å²) in [5, 5.41) is 15.0. The second kappa shape index (κ2) is 7.10. The lowest BCUT2D eigenvalue weighted by molar-refractivity contribution is 0.932. The predicted octanol–water partition coefficient (Wildman–Crippen LogP) is 6.73. The van der Waals surface area contributed by atoms with Crippen molar-refractivity contribution in [1.29, 1.82) is 0 Å². The van der Waals surface area contributed by atoms with E-state index in [0.29, 0.717) is 0 Å². The van der Waals surface area contributed by atoms with Crippen molar-refractivity contribution in [3.05, 3.63) is 108 Å². The lowest BCUT2D eigenvalue weighted by atomic mass is 9.95. The van der Waals surface area contributed by atoms with Crippen molar-refractivity contribution in [2.75, 3.05) is 21.3 Å². The van der Waals surface area contributed by atoms with Gasteiger partial charge in [-0.05, 0) is 29.2 Å². The average Bonchev–Trinajstić information content (AvgIpc) is 3.46. The lowest BCUT2D eigenvalue weighted by Gasteiger charge is -2.17. The molecule has 2 unspecified atom stereocenters. The minimum Gasteiger partial charge on any atom is -0.360 e. The quantitative estimate of drug-likeness (QED) is 0.306. The fourth-order valence-electron chi connectivity index (χ4n) is 4.73. The smallest absolute Gasteiger partial charge is 0.123 e. The molecule has 0 amide bonds. The highest BCUT2D eigenvalue weighted by Gasteiger charge is 2.35. The molecule has 2 aliphatic rings. The van der Waals surface area contributed by atoms with Crippen LogP contribution in [0.2, 0.25) is 0 Å². The van der Waals surface area contributed by atoms with E-state index in [1.54, 1.807) is 0 Å². The molecule has 0 spiro atoms. The van der Waals surface area contributed by atoms with Gasteiger partial charge in [-0.1, -0.05) is 91.0 Å². The summed E-state index contributed by atoms with van der Waals surface area (Å²) in [5.41, 5.74) is 10.7. The Hall–Kier alpha value is -3.92. The van der Waals surface area contributed by atoms with Crippen LogP contribution in [-0.4, -0.2) is 0 Å². The molecule has 0 aliphatic carbocycles. The number of nitrogens with one attached hydrogen (secondary N) is 4. The normalized spacial score (nSPS) is 18.2. The summed E-state index contributed by atoms with van der Waals surface area (Å²) < 4.78 is 0. The molecular formula is C27H24N4. The zero-order valence-electron chi connectivity index (χ0n) is 17.3. The Morgan fingerprint density at radius 3 is 1.45 bits per heavy atom. The molecule has 6 rings (SSSR count). The van der Waals surface area contributed by atoms with E-state index in [1.807, 2.05) is 0 Å². The molecule has 152 valence electrons. The minimum absolute atomic E-state index is 0.0298. The molecule has 0 aromatic heterocycles. The summed E-state index contributed by atoms with van der Waals surface area (Å²) >= 11 is 0. The van der Waals surface area contributed by atoms with Crippen LogP contribution in [-0.2, 0) is 0 Å². The standard InChI is InChI=1S/C27H24N4/c1-17-21(18-11-5-2-6-12-18)23-25(31-27(29-23)20-15-9-4-10-16-20)24-22(17)28-26(30-24)19-13-7-3-8-14-19/h2-16,26-31H,1H3. The summed E-state index contributed by atoms with van der Waals surface area (Å²) in [6, 6.07) is 31.7. The van der Waals surface area contributed by atoms with Crippen molar-refractivity contribution in [3.8, 4) is 11.1 Å². The van der Waals surface area contributed by atoms with Gasteiger partial charge >= 0.3 is 0 Å². The van der Waals surface area contributed by atoms with Crippen LogP contribution >= 0.6 is 0 Å². The molecule has 0 fully saturated rings. The first-order valence-corrected chi connectivity index (χ1v) is 10.7. The van der Waals surface area contributed by atoms with Crippen molar-refractivity contribution >= 4 is 22.7 Å². The van der Waals surface area contributed by atoms with Gasteiger partial charge in [-0.15, -0.1) is 0 Å². The average molecular weight is 405 g/mol. The molecule has 4 nitrogen and oxygen atoms in total. The molecule has 4 heteroatoms. The van der Waals surface area contributed by atoms with Crippen LogP contribution in [0.1, 0.15) is 29.0 Å². The zero-order chi connectivity index (χ0) is 20.8. The second-order valence-corrected chi connectivity index (χ2v) is 8.13. The van der Waals surface area contributed by atoms with Gasteiger partial charge in [0.15, 0.2) is 0 Å². The zero-order valence-corrected chi connectivity index (χ0v) is 17.3. The van der Waals surface area contributed by atoms with Crippen molar-refractivity contribution in [3.63, 3.8) is 0 Å². The third-order valence-electron chi connectivity index (χ3n) is 6.23. The maximum absolute atomic E-state index is 3.76. The number of anilines is 4. The maximum Gasteiger partial charge on any atom is 0.123 e. The molecule has 4 N–H and O–H groups in total. The van der Waals surface area contributed by atoms with Crippen LogP contribution in [0.15, 0.2) is 91.0 Å².